The van der Waals surface area contributed by atoms with E-state index in [1.54, 1.807) is 6.92 Å². The monoisotopic (exact) mass is 361 g/mol. The molecule has 0 aliphatic carbocycles. The molecule has 0 atom stereocenters. The number of carbonyl (C=O) groups excluding carboxylic acids is 2. The molecular formula is C16H18Cl2FNO3. The molecule has 0 radical (unpaired) electrons. The van der Waals surface area contributed by atoms with Crippen LogP contribution >= 0.6 is 23.2 Å². The molecule has 1 aromatic rings. The number of Topliss-reactive ketones (excluding diaryl/α,β-unsaturated/α-hetero) is 1. The summed E-state index contributed by atoms with van der Waals surface area (Å²) in [5, 5.41) is 2.65. The van der Waals surface area contributed by atoms with Gasteiger partial charge in [0, 0.05) is 17.3 Å². The summed E-state index contributed by atoms with van der Waals surface area (Å²) in [5.41, 5.74) is -0.818. The Labute approximate surface area is 144 Å². The number of hydrogen-bond donors (Lipinski definition) is 1. The Balaban J connectivity index is 3.29. The number of rotatable bonds is 5. The Kier molecular flexibility index (Phi) is 6.59. The highest BCUT2D eigenvalue weighted by Crippen LogP contribution is 2.26. The Bertz CT molecular complexity index is 651. The lowest BCUT2D eigenvalue weighted by Gasteiger charge is -2.19. The Morgan fingerprint density at radius 2 is 1.87 bits per heavy atom. The molecule has 0 heterocycles. The van der Waals surface area contributed by atoms with Crippen molar-refractivity contribution in [2.45, 2.75) is 33.2 Å². The molecule has 0 unspecified atom stereocenters. The van der Waals surface area contributed by atoms with Crippen LogP contribution in [0.5, 0.6) is 0 Å². The maximum Gasteiger partial charge on any atom is 0.343 e. The van der Waals surface area contributed by atoms with Crippen LogP contribution in [0.15, 0.2) is 23.9 Å². The van der Waals surface area contributed by atoms with E-state index in [9.17, 15) is 14.0 Å². The van der Waals surface area contributed by atoms with Gasteiger partial charge >= 0.3 is 5.97 Å². The van der Waals surface area contributed by atoms with Crippen LogP contribution in [0.2, 0.25) is 10.0 Å². The van der Waals surface area contributed by atoms with Gasteiger partial charge in [0.25, 0.3) is 0 Å². The standard InChI is InChI=1S/C16H18Cl2FNO3/c1-5-23-15(22)10(8-20-16(2,3)4)14(21)9-6-13(19)12(18)7-11(9)17/h6-8,20H,5H2,1-4H3. The zero-order valence-corrected chi connectivity index (χ0v) is 14.8. The summed E-state index contributed by atoms with van der Waals surface area (Å²) in [6.07, 6.45) is 1.25. The van der Waals surface area contributed by atoms with Crippen molar-refractivity contribution in [3.8, 4) is 0 Å². The van der Waals surface area contributed by atoms with Gasteiger partial charge in [-0.1, -0.05) is 23.2 Å². The number of nitrogens with one attached hydrogen (secondary N) is 1. The van der Waals surface area contributed by atoms with Gasteiger partial charge in [-0.3, -0.25) is 4.79 Å². The van der Waals surface area contributed by atoms with Gasteiger partial charge in [0.05, 0.1) is 16.7 Å². The van der Waals surface area contributed by atoms with Crippen LogP contribution in [-0.4, -0.2) is 23.9 Å². The van der Waals surface area contributed by atoms with Crippen molar-refractivity contribution in [2.24, 2.45) is 0 Å². The summed E-state index contributed by atoms with van der Waals surface area (Å²) in [7, 11) is 0. The van der Waals surface area contributed by atoms with Crippen LogP contribution in [0.4, 0.5) is 4.39 Å². The van der Waals surface area contributed by atoms with E-state index < -0.39 is 17.6 Å². The highest BCUT2D eigenvalue weighted by atomic mass is 35.5. The van der Waals surface area contributed by atoms with Crippen molar-refractivity contribution < 1.29 is 18.7 Å². The average molecular weight is 362 g/mol. The summed E-state index contributed by atoms with van der Waals surface area (Å²) in [6.45, 7) is 7.27. The average Bonchev–Trinajstić information content (AvgIpc) is 2.41. The summed E-state index contributed by atoms with van der Waals surface area (Å²) in [5.74, 6) is -2.37. The number of ether oxygens (including phenoxy) is 1. The van der Waals surface area contributed by atoms with Crippen molar-refractivity contribution in [3.63, 3.8) is 0 Å². The second-order valence-corrected chi connectivity index (χ2v) is 6.56. The Morgan fingerprint density at radius 3 is 2.39 bits per heavy atom. The summed E-state index contributed by atoms with van der Waals surface area (Å²) < 4.78 is 18.5. The number of halogens is 3. The van der Waals surface area contributed by atoms with Gasteiger partial charge in [0.2, 0.25) is 5.78 Å². The van der Waals surface area contributed by atoms with E-state index in [4.69, 9.17) is 27.9 Å². The molecule has 0 aliphatic rings. The quantitative estimate of drug-likeness (QED) is 0.214. The number of benzene rings is 1. The van der Waals surface area contributed by atoms with Crippen LogP contribution < -0.4 is 5.32 Å². The summed E-state index contributed by atoms with van der Waals surface area (Å²) in [4.78, 5) is 24.6. The molecule has 0 saturated carbocycles. The number of hydrogen-bond acceptors (Lipinski definition) is 4. The minimum Gasteiger partial charge on any atom is -0.462 e. The summed E-state index contributed by atoms with van der Waals surface area (Å²) in [6, 6.07) is 2.02. The second kappa shape index (κ2) is 7.79. The molecule has 23 heavy (non-hydrogen) atoms. The first-order valence-corrected chi connectivity index (χ1v) is 7.66. The molecule has 0 bridgehead atoms. The van der Waals surface area contributed by atoms with Gasteiger partial charge in [0.15, 0.2) is 0 Å². The first-order valence-electron chi connectivity index (χ1n) is 6.91. The van der Waals surface area contributed by atoms with Crippen LogP contribution in [0, 0.1) is 5.82 Å². The fourth-order valence-corrected chi connectivity index (χ4v) is 2.03. The molecule has 0 saturated heterocycles. The minimum absolute atomic E-state index is 0.0487. The van der Waals surface area contributed by atoms with Crippen LogP contribution in [-0.2, 0) is 9.53 Å². The normalized spacial score (nSPS) is 12.0. The van der Waals surface area contributed by atoms with E-state index in [0.717, 1.165) is 12.1 Å². The fraction of sp³-hybridized carbons (Fsp3) is 0.375. The SMILES string of the molecule is CCOC(=O)C(=CNC(C)(C)C)C(=O)c1cc(F)c(Cl)cc1Cl. The molecule has 1 N–H and O–H groups in total. The van der Waals surface area contributed by atoms with Crippen molar-refractivity contribution in [3.05, 3.63) is 45.3 Å². The maximum atomic E-state index is 13.6. The molecule has 0 aromatic heterocycles. The largest absolute Gasteiger partial charge is 0.462 e. The highest BCUT2D eigenvalue weighted by Gasteiger charge is 2.25. The first kappa shape index (κ1) is 19.5. The van der Waals surface area contributed by atoms with E-state index in [1.807, 2.05) is 20.8 Å². The van der Waals surface area contributed by atoms with Gasteiger partial charge in [-0.15, -0.1) is 0 Å². The van der Waals surface area contributed by atoms with Crippen molar-refractivity contribution in [2.75, 3.05) is 6.61 Å². The molecule has 0 spiro atoms. The van der Waals surface area contributed by atoms with Gasteiger partial charge in [-0.05, 0) is 39.8 Å². The molecule has 1 rings (SSSR count). The van der Waals surface area contributed by atoms with Crippen molar-refractivity contribution >= 4 is 35.0 Å². The van der Waals surface area contributed by atoms with E-state index in [1.165, 1.54) is 6.20 Å². The van der Waals surface area contributed by atoms with Crippen molar-refractivity contribution in [1.82, 2.24) is 5.32 Å². The lowest BCUT2D eigenvalue weighted by molar-refractivity contribution is -0.138. The van der Waals surface area contributed by atoms with E-state index in [2.05, 4.69) is 5.32 Å². The molecular weight excluding hydrogens is 344 g/mol. The third-order valence-corrected chi connectivity index (χ3v) is 3.25. The highest BCUT2D eigenvalue weighted by molar-refractivity contribution is 6.39. The van der Waals surface area contributed by atoms with E-state index in [0.29, 0.717) is 0 Å². The van der Waals surface area contributed by atoms with Crippen molar-refractivity contribution in [1.29, 1.82) is 0 Å². The molecule has 1 aromatic carbocycles. The number of esters is 1. The number of ketones is 1. The van der Waals surface area contributed by atoms with Crippen LogP contribution in [0.1, 0.15) is 38.1 Å². The molecule has 126 valence electrons. The van der Waals surface area contributed by atoms with Crippen LogP contribution in [0.25, 0.3) is 0 Å². The summed E-state index contributed by atoms with van der Waals surface area (Å²) >= 11 is 11.6. The van der Waals surface area contributed by atoms with Gasteiger partial charge in [0.1, 0.15) is 11.4 Å². The second-order valence-electron chi connectivity index (χ2n) is 5.75. The smallest absolute Gasteiger partial charge is 0.343 e. The Hall–Kier alpha value is -1.59. The molecule has 0 fully saturated rings. The first-order chi connectivity index (χ1) is 10.6. The van der Waals surface area contributed by atoms with Gasteiger partial charge < -0.3 is 10.1 Å². The van der Waals surface area contributed by atoms with E-state index in [-0.39, 0.29) is 33.3 Å². The predicted octanol–water partition coefficient (Wildman–Crippen LogP) is 4.15. The van der Waals surface area contributed by atoms with Gasteiger partial charge in [-0.25, -0.2) is 9.18 Å². The molecule has 0 amide bonds. The maximum absolute atomic E-state index is 13.6. The molecule has 7 heteroatoms. The molecule has 4 nitrogen and oxygen atoms in total. The third-order valence-electron chi connectivity index (χ3n) is 2.64. The Morgan fingerprint density at radius 1 is 1.26 bits per heavy atom. The zero-order chi connectivity index (χ0) is 17.8. The van der Waals surface area contributed by atoms with Crippen LogP contribution in [0.3, 0.4) is 0 Å². The van der Waals surface area contributed by atoms with Gasteiger partial charge in [-0.2, -0.15) is 0 Å². The predicted molar refractivity (Wildman–Crippen MR) is 88.4 cm³/mol. The minimum atomic E-state index is -0.819. The zero-order valence-electron chi connectivity index (χ0n) is 13.3. The lowest BCUT2D eigenvalue weighted by Crippen LogP contribution is -2.33. The number of carbonyl (C=O) groups is 2. The van der Waals surface area contributed by atoms with E-state index >= 15 is 0 Å². The lowest BCUT2D eigenvalue weighted by atomic mass is 10.0. The topological polar surface area (TPSA) is 55.4 Å². The third kappa shape index (κ3) is 5.52. The molecule has 0 aliphatic heterocycles. The fourth-order valence-electron chi connectivity index (χ4n) is 1.56.